The monoisotopic (exact) mass is 190 g/mol. The third-order valence-corrected chi connectivity index (χ3v) is 3.40. The average Bonchev–Trinajstić information content (AvgIpc) is 2.18. The van der Waals surface area contributed by atoms with E-state index in [4.69, 9.17) is 0 Å². The lowest BCUT2D eigenvalue weighted by Crippen LogP contribution is -2.14. The SMILES string of the molecule is C.CCC1CCc2c(C)cccc2C1. The van der Waals surface area contributed by atoms with Crippen LogP contribution >= 0.6 is 0 Å². The molecule has 1 aliphatic carbocycles. The van der Waals surface area contributed by atoms with Crippen LogP contribution in [0.15, 0.2) is 18.2 Å². The van der Waals surface area contributed by atoms with Crippen LogP contribution in [0.1, 0.15) is 43.9 Å². The highest BCUT2D eigenvalue weighted by atomic mass is 14.2. The number of benzene rings is 1. The molecule has 1 unspecified atom stereocenters. The van der Waals surface area contributed by atoms with Crippen molar-refractivity contribution in [2.24, 2.45) is 5.92 Å². The summed E-state index contributed by atoms with van der Waals surface area (Å²) in [6.07, 6.45) is 5.36. The van der Waals surface area contributed by atoms with Gasteiger partial charge in [-0.3, -0.25) is 0 Å². The van der Waals surface area contributed by atoms with Crippen LogP contribution in [0.25, 0.3) is 0 Å². The van der Waals surface area contributed by atoms with Crippen LogP contribution in [0.2, 0.25) is 0 Å². The molecule has 0 saturated heterocycles. The van der Waals surface area contributed by atoms with E-state index < -0.39 is 0 Å². The Balaban J connectivity index is 0.000000980. The van der Waals surface area contributed by atoms with E-state index >= 15 is 0 Å². The van der Waals surface area contributed by atoms with Gasteiger partial charge in [0.25, 0.3) is 0 Å². The summed E-state index contributed by atoms with van der Waals surface area (Å²) < 4.78 is 0. The number of rotatable bonds is 1. The number of fused-ring (bicyclic) bond motifs is 1. The molecule has 1 aliphatic rings. The third kappa shape index (κ3) is 2.00. The van der Waals surface area contributed by atoms with Crippen molar-refractivity contribution in [1.82, 2.24) is 0 Å². The highest BCUT2D eigenvalue weighted by Crippen LogP contribution is 2.29. The van der Waals surface area contributed by atoms with Crippen molar-refractivity contribution >= 4 is 0 Å². The fourth-order valence-electron chi connectivity index (χ4n) is 2.42. The Morgan fingerprint density at radius 1 is 1.36 bits per heavy atom. The van der Waals surface area contributed by atoms with Gasteiger partial charge in [-0.05, 0) is 48.8 Å². The lowest BCUT2D eigenvalue weighted by Gasteiger charge is -2.24. The Kier molecular flexibility index (Phi) is 3.74. The van der Waals surface area contributed by atoms with Crippen molar-refractivity contribution in [3.8, 4) is 0 Å². The summed E-state index contributed by atoms with van der Waals surface area (Å²) in [5, 5.41) is 0. The van der Waals surface area contributed by atoms with Crippen LogP contribution in [0, 0.1) is 12.8 Å². The molecule has 0 saturated carbocycles. The van der Waals surface area contributed by atoms with Crippen LogP contribution in [-0.4, -0.2) is 0 Å². The van der Waals surface area contributed by atoms with Crippen LogP contribution in [0.3, 0.4) is 0 Å². The van der Waals surface area contributed by atoms with Gasteiger partial charge >= 0.3 is 0 Å². The summed E-state index contributed by atoms with van der Waals surface area (Å²) in [6, 6.07) is 6.75. The van der Waals surface area contributed by atoms with Crippen molar-refractivity contribution in [1.29, 1.82) is 0 Å². The van der Waals surface area contributed by atoms with Crippen molar-refractivity contribution in [3.63, 3.8) is 0 Å². The van der Waals surface area contributed by atoms with Gasteiger partial charge in [-0.15, -0.1) is 0 Å². The lowest BCUT2D eigenvalue weighted by molar-refractivity contribution is 0.444. The quantitative estimate of drug-likeness (QED) is 0.624. The molecule has 0 spiro atoms. The van der Waals surface area contributed by atoms with Gasteiger partial charge in [0.15, 0.2) is 0 Å². The topological polar surface area (TPSA) is 0 Å². The van der Waals surface area contributed by atoms with Crippen LogP contribution in [-0.2, 0) is 12.8 Å². The maximum absolute atomic E-state index is 2.31. The molecule has 0 nitrogen and oxygen atoms in total. The summed E-state index contributed by atoms with van der Waals surface area (Å²) in [5.41, 5.74) is 4.73. The molecule has 1 aromatic carbocycles. The van der Waals surface area contributed by atoms with E-state index in [1.807, 2.05) is 0 Å². The van der Waals surface area contributed by atoms with Gasteiger partial charge in [0.1, 0.15) is 0 Å². The van der Waals surface area contributed by atoms with Crippen LogP contribution in [0.4, 0.5) is 0 Å². The second kappa shape index (κ2) is 4.63. The first kappa shape index (κ1) is 11.3. The van der Waals surface area contributed by atoms with E-state index in [-0.39, 0.29) is 7.43 Å². The molecule has 2 rings (SSSR count). The van der Waals surface area contributed by atoms with Gasteiger partial charge in [-0.25, -0.2) is 0 Å². The summed E-state index contributed by atoms with van der Waals surface area (Å²) in [7, 11) is 0. The van der Waals surface area contributed by atoms with Gasteiger partial charge in [0, 0.05) is 0 Å². The number of hydrogen-bond acceptors (Lipinski definition) is 0. The fourth-order valence-corrected chi connectivity index (χ4v) is 2.42. The molecule has 0 radical (unpaired) electrons. The Morgan fingerprint density at radius 3 is 2.86 bits per heavy atom. The second-order valence-corrected chi connectivity index (χ2v) is 4.23. The average molecular weight is 190 g/mol. The van der Waals surface area contributed by atoms with Gasteiger partial charge in [-0.1, -0.05) is 39.0 Å². The molecule has 0 bridgehead atoms. The third-order valence-electron chi connectivity index (χ3n) is 3.40. The second-order valence-electron chi connectivity index (χ2n) is 4.23. The number of aryl methyl sites for hydroxylation is 1. The van der Waals surface area contributed by atoms with Crippen molar-refractivity contribution in [2.75, 3.05) is 0 Å². The zero-order chi connectivity index (χ0) is 9.26. The van der Waals surface area contributed by atoms with E-state index in [0.29, 0.717) is 0 Å². The van der Waals surface area contributed by atoms with E-state index in [0.717, 1.165) is 5.92 Å². The maximum Gasteiger partial charge on any atom is -0.0248 e. The smallest absolute Gasteiger partial charge is 0.0248 e. The Hall–Kier alpha value is -0.780. The largest absolute Gasteiger partial charge is 0.0776 e. The van der Waals surface area contributed by atoms with E-state index in [2.05, 4.69) is 32.0 Å². The summed E-state index contributed by atoms with van der Waals surface area (Å²) in [6.45, 7) is 4.55. The molecule has 0 aromatic heterocycles. The first-order valence-corrected chi connectivity index (χ1v) is 5.38. The van der Waals surface area contributed by atoms with Crippen LogP contribution in [0.5, 0.6) is 0 Å². The predicted molar refractivity (Wildman–Crippen MR) is 63.7 cm³/mol. The van der Waals surface area contributed by atoms with Crippen molar-refractivity contribution in [3.05, 3.63) is 34.9 Å². The van der Waals surface area contributed by atoms with E-state index in [1.165, 1.54) is 31.2 Å². The molecular weight excluding hydrogens is 168 g/mol. The lowest BCUT2D eigenvalue weighted by atomic mass is 9.81. The molecule has 78 valence electrons. The Labute approximate surface area is 88.4 Å². The predicted octanol–water partition coefficient (Wildman–Crippen LogP) is 4.15. The minimum absolute atomic E-state index is 0. The van der Waals surface area contributed by atoms with E-state index in [1.54, 1.807) is 11.1 Å². The summed E-state index contributed by atoms with van der Waals surface area (Å²) in [5.74, 6) is 0.939. The van der Waals surface area contributed by atoms with Gasteiger partial charge < -0.3 is 0 Å². The minimum atomic E-state index is 0. The Bertz CT molecular complexity index is 299. The minimum Gasteiger partial charge on any atom is -0.0776 e. The van der Waals surface area contributed by atoms with Gasteiger partial charge in [0.05, 0.1) is 0 Å². The molecule has 0 N–H and O–H groups in total. The Morgan fingerprint density at radius 2 is 2.14 bits per heavy atom. The van der Waals surface area contributed by atoms with E-state index in [9.17, 15) is 0 Å². The molecule has 0 heterocycles. The molecule has 14 heavy (non-hydrogen) atoms. The first-order chi connectivity index (χ1) is 6.31. The highest BCUT2D eigenvalue weighted by molar-refractivity contribution is 5.36. The summed E-state index contributed by atoms with van der Waals surface area (Å²) in [4.78, 5) is 0. The number of hydrogen-bond donors (Lipinski definition) is 0. The zero-order valence-corrected chi connectivity index (χ0v) is 8.64. The highest BCUT2D eigenvalue weighted by Gasteiger charge is 2.17. The normalized spacial score (nSPS) is 19.7. The molecule has 0 fully saturated rings. The van der Waals surface area contributed by atoms with Crippen molar-refractivity contribution < 1.29 is 0 Å². The first-order valence-electron chi connectivity index (χ1n) is 5.38. The maximum atomic E-state index is 2.31. The standard InChI is InChI=1S/C13H18.CH4/c1-3-11-7-8-13-10(2)5-4-6-12(13)9-11;/h4-6,11H,3,7-9H2,1-2H3;1H4. The molecule has 0 aliphatic heterocycles. The molecule has 1 atom stereocenters. The van der Waals surface area contributed by atoms with Gasteiger partial charge in [0.2, 0.25) is 0 Å². The fraction of sp³-hybridized carbons (Fsp3) is 0.571. The summed E-state index contributed by atoms with van der Waals surface area (Å²) >= 11 is 0. The van der Waals surface area contributed by atoms with Crippen LogP contribution < -0.4 is 0 Å². The van der Waals surface area contributed by atoms with Gasteiger partial charge in [-0.2, -0.15) is 0 Å². The molecular formula is C14H22. The molecule has 0 heteroatoms. The zero-order valence-electron chi connectivity index (χ0n) is 8.64. The molecule has 0 amide bonds. The molecule has 1 aromatic rings. The van der Waals surface area contributed by atoms with Crippen molar-refractivity contribution in [2.45, 2.75) is 47.0 Å².